The van der Waals surface area contributed by atoms with E-state index in [0.29, 0.717) is 16.9 Å². The summed E-state index contributed by atoms with van der Waals surface area (Å²) in [4.78, 5) is 11.9. The molecule has 0 atom stereocenters. The van der Waals surface area contributed by atoms with Crippen LogP contribution in [-0.4, -0.2) is 11.9 Å². The van der Waals surface area contributed by atoms with Crippen molar-refractivity contribution < 1.29 is 4.79 Å². The molecule has 0 heterocycles. The van der Waals surface area contributed by atoms with Crippen LogP contribution in [0.25, 0.3) is 6.08 Å². The summed E-state index contributed by atoms with van der Waals surface area (Å²) in [6.07, 6.45) is 3.29. The Bertz CT molecular complexity index is 444. The lowest BCUT2D eigenvalue weighted by Crippen LogP contribution is -2.41. The fourth-order valence-electron chi connectivity index (χ4n) is 2.09. The van der Waals surface area contributed by atoms with Crippen molar-refractivity contribution in [3.05, 3.63) is 40.9 Å². The number of nitrogens with one attached hydrogen (secondary N) is 1. The third kappa shape index (κ3) is 5.07. The summed E-state index contributed by atoms with van der Waals surface area (Å²) in [5.41, 5.74) is 0.852. The first kappa shape index (κ1) is 15.8. The molecule has 1 N–H and O–H groups in total. The maximum atomic E-state index is 11.9. The minimum absolute atomic E-state index is 0.0766. The molecule has 0 aliphatic carbocycles. The summed E-state index contributed by atoms with van der Waals surface area (Å²) in [7, 11) is 0. The van der Waals surface area contributed by atoms with Crippen LogP contribution in [0, 0.1) is 11.8 Å². The number of benzene rings is 1. The number of amides is 1. The number of hydrogen-bond donors (Lipinski definition) is 1. The monoisotopic (exact) mass is 279 g/mol. The molecule has 19 heavy (non-hydrogen) atoms. The van der Waals surface area contributed by atoms with Crippen LogP contribution in [0.5, 0.6) is 0 Å². The van der Waals surface area contributed by atoms with Crippen molar-refractivity contribution >= 4 is 23.6 Å². The van der Waals surface area contributed by atoms with Gasteiger partial charge in [0.1, 0.15) is 0 Å². The van der Waals surface area contributed by atoms with Gasteiger partial charge in [0.15, 0.2) is 0 Å². The minimum Gasteiger partial charge on any atom is -0.349 e. The zero-order chi connectivity index (χ0) is 14.4. The van der Waals surface area contributed by atoms with Crippen LogP contribution in [0.2, 0.25) is 5.02 Å². The van der Waals surface area contributed by atoms with E-state index in [1.807, 2.05) is 24.3 Å². The molecule has 1 amide bonds. The SMILES string of the molecule is CC(C)C(NC(=O)C=Cc1ccccc1Cl)C(C)C. The third-order valence-corrected chi connectivity index (χ3v) is 3.41. The van der Waals surface area contributed by atoms with Gasteiger partial charge in [-0.3, -0.25) is 4.79 Å². The van der Waals surface area contributed by atoms with E-state index in [0.717, 1.165) is 5.56 Å². The summed E-state index contributed by atoms with van der Waals surface area (Å²) < 4.78 is 0. The zero-order valence-electron chi connectivity index (χ0n) is 12.0. The highest BCUT2D eigenvalue weighted by molar-refractivity contribution is 6.32. The molecule has 0 aliphatic rings. The van der Waals surface area contributed by atoms with E-state index in [1.165, 1.54) is 0 Å². The molecule has 1 aromatic rings. The third-order valence-electron chi connectivity index (χ3n) is 3.06. The highest BCUT2D eigenvalue weighted by Gasteiger charge is 2.18. The standard InChI is InChI=1S/C16H22ClNO/c1-11(2)16(12(3)4)18-15(19)10-9-13-7-5-6-8-14(13)17/h5-12,16H,1-4H3,(H,18,19). The molecule has 104 valence electrons. The van der Waals surface area contributed by atoms with E-state index in [9.17, 15) is 4.79 Å². The molecule has 0 unspecified atom stereocenters. The molecule has 0 saturated heterocycles. The predicted octanol–water partition coefficient (Wildman–Crippen LogP) is 4.15. The van der Waals surface area contributed by atoms with Gasteiger partial charge in [-0.2, -0.15) is 0 Å². The summed E-state index contributed by atoms with van der Waals surface area (Å²) in [6.45, 7) is 8.46. The lowest BCUT2D eigenvalue weighted by Gasteiger charge is -2.25. The fourth-order valence-corrected chi connectivity index (χ4v) is 2.29. The van der Waals surface area contributed by atoms with Crippen LogP contribution < -0.4 is 5.32 Å². The van der Waals surface area contributed by atoms with Gasteiger partial charge in [0.05, 0.1) is 0 Å². The lowest BCUT2D eigenvalue weighted by molar-refractivity contribution is -0.117. The van der Waals surface area contributed by atoms with Crippen molar-refractivity contribution in [3.8, 4) is 0 Å². The van der Waals surface area contributed by atoms with E-state index in [4.69, 9.17) is 11.6 Å². The Morgan fingerprint density at radius 3 is 2.26 bits per heavy atom. The molecule has 1 rings (SSSR count). The highest BCUT2D eigenvalue weighted by atomic mass is 35.5. The second-order valence-electron chi connectivity index (χ2n) is 5.38. The number of halogens is 1. The largest absolute Gasteiger partial charge is 0.349 e. The Labute approximate surface area is 120 Å². The number of carbonyl (C=O) groups is 1. The minimum atomic E-state index is -0.0766. The van der Waals surface area contributed by atoms with Crippen molar-refractivity contribution in [1.82, 2.24) is 5.32 Å². The van der Waals surface area contributed by atoms with Crippen LogP contribution in [0.3, 0.4) is 0 Å². The van der Waals surface area contributed by atoms with Crippen molar-refractivity contribution in [2.75, 3.05) is 0 Å². The van der Waals surface area contributed by atoms with Gasteiger partial charge in [0.2, 0.25) is 5.91 Å². The second kappa shape index (κ2) is 7.34. The smallest absolute Gasteiger partial charge is 0.244 e. The molecular formula is C16H22ClNO. The Morgan fingerprint density at radius 2 is 1.74 bits per heavy atom. The summed E-state index contributed by atoms with van der Waals surface area (Å²) >= 11 is 6.03. The first-order valence-electron chi connectivity index (χ1n) is 6.65. The van der Waals surface area contributed by atoms with E-state index in [-0.39, 0.29) is 11.9 Å². The van der Waals surface area contributed by atoms with E-state index < -0.39 is 0 Å². The Balaban J connectivity index is 2.67. The van der Waals surface area contributed by atoms with Crippen LogP contribution in [0.15, 0.2) is 30.3 Å². The maximum Gasteiger partial charge on any atom is 0.244 e. The molecule has 0 aliphatic heterocycles. The van der Waals surface area contributed by atoms with Crippen LogP contribution >= 0.6 is 11.6 Å². The molecule has 0 spiro atoms. The van der Waals surface area contributed by atoms with Crippen molar-refractivity contribution in [3.63, 3.8) is 0 Å². The normalized spacial score (nSPS) is 11.8. The molecule has 0 radical (unpaired) electrons. The highest BCUT2D eigenvalue weighted by Crippen LogP contribution is 2.16. The summed E-state index contributed by atoms with van der Waals surface area (Å²) in [5, 5.41) is 3.69. The molecule has 0 saturated carbocycles. The van der Waals surface area contributed by atoms with Crippen molar-refractivity contribution in [2.45, 2.75) is 33.7 Å². The molecule has 2 nitrogen and oxygen atoms in total. The van der Waals surface area contributed by atoms with Gasteiger partial charge in [-0.15, -0.1) is 0 Å². The number of rotatable bonds is 5. The molecule has 3 heteroatoms. The molecule has 1 aromatic carbocycles. The van der Waals surface area contributed by atoms with Crippen molar-refractivity contribution in [1.29, 1.82) is 0 Å². The van der Waals surface area contributed by atoms with Crippen LogP contribution in [-0.2, 0) is 4.79 Å². The van der Waals surface area contributed by atoms with Gasteiger partial charge < -0.3 is 5.32 Å². The Kier molecular flexibility index (Phi) is 6.10. The second-order valence-corrected chi connectivity index (χ2v) is 5.78. The zero-order valence-corrected chi connectivity index (χ0v) is 12.7. The number of hydrogen-bond acceptors (Lipinski definition) is 1. The first-order chi connectivity index (χ1) is 8.91. The maximum absolute atomic E-state index is 11.9. The average Bonchev–Trinajstić information content (AvgIpc) is 2.34. The molecular weight excluding hydrogens is 258 g/mol. The first-order valence-corrected chi connectivity index (χ1v) is 7.02. The summed E-state index contributed by atoms with van der Waals surface area (Å²) in [5.74, 6) is 0.752. The van der Waals surface area contributed by atoms with Gasteiger partial charge in [-0.05, 0) is 29.5 Å². The molecule has 0 fully saturated rings. The van der Waals surface area contributed by atoms with Gasteiger partial charge in [0.25, 0.3) is 0 Å². The van der Waals surface area contributed by atoms with Crippen LogP contribution in [0.1, 0.15) is 33.3 Å². The average molecular weight is 280 g/mol. The fraction of sp³-hybridized carbons (Fsp3) is 0.438. The van der Waals surface area contributed by atoms with E-state index >= 15 is 0 Å². The molecule has 0 aromatic heterocycles. The van der Waals surface area contributed by atoms with Crippen molar-refractivity contribution in [2.24, 2.45) is 11.8 Å². The van der Waals surface area contributed by atoms with Gasteiger partial charge in [0, 0.05) is 17.1 Å². The number of carbonyl (C=O) groups excluding carboxylic acids is 1. The van der Waals surface area contributed by atoms with E-state index in [2.05, 4.69) is 33.0 Å². The lowest BCUT2D eigenvalue weighted by atomic mass is 9.93. The van der Waals surface area contributed by atoms with Gasteiger partial charge in [-0.1, -0.05) is 57.5 Å². The molecule has 0 bridgehead atoms. The van der Waals surface area contributed by atoms with Crippen LogP contribution in [0.4, 0.5) is 0 Å². The Morgan fingerprint density at radius 1 is 1.16 bits per heavy atom. The topological polar surface area (TPSA) is 29.1 Å². The van der Waals surface area contributed by atoms with Gasteiger partial charge in [-0.25, -0.2) is 0 Å². The summed E-state index contributed by atoms with van der Waals surface area (Å²) in [6, 6.07) is 7.64. The van der Waals surface area contributed by atoms with E-state index in [1.54, 1.807) is 12.2 Å². The quantitative estimate of drug-likeness (QED) is 0.806. The van der Waals surface area contributed by atoms with Gasteiger partial charge >= 0.3 is 0 Å². The predicted molar refractivity (Wildman–Crippen MR) is 82.1 cm³/mol. The Hall–Kier alpha value is -1.28.